The molecule has 4 nitrogen and oxygen atoms in total. The largest absolute Gasteiger partial charge is 0.333 e. The second kappa shape index (κ2) is 6.91. The Morgan fingerprint density at radius 3 is 2.83 bits per heavy atom. The van der Waals surface area contributed by atoms with Crippen molar-refractivity contribution in [3.8, 4) is 0 Å². The first-order valence-electron chi connectivity index (χ1n) is 6.48. The second-order valence-electron chi connectivity index (χ2n) is 4.36. The van der Waals surface area contributed by atoms with Crippen LogP contribution in [-0.4, -0.2) is 21.1 Å². The number of aryl methyl sites for hydroxylation is 1. The SMILES string of the molecule is CCCn1cncc1CNCCc1ccncc1. The van der Waals surface area contributed by atoms with Gasteiger partial charge in [0.25, 0.3) is 0 Å². The summed E-state index contributed by atoms with van der Waals surface area (Å²) < 4.78 is 2.21. The molecule has 4 heteroatoms. The van der Waals surface area contributed by atoms with Gasteiger partial charge in [-0.2, -0.15) is 0 Å². The van der Waals surface area contributed by atoms with Crippen molar-refractivity contribution in [2.24, 2.45) is 0 Å². The van der Waals surface area contributed by atoms with Gasteiger partial charge in [0.15, 0.2) is 0 Å². The van der Waals surface area contributed by atoms with Crippen LogP contribution in [0.5, 0.6) is 0 Å². The van der Waals surface area contributed by atoms with Gasteiger partial charge in [0.05, 0.1) is 12.0 Å². The number of hydrogen-bond donors (Lipinski definition) is 1. The highest BCUT2D eigenvalue weighted by Crippen LogP contribution is 2.01. The van der Waals surface area contributed by atoms with Crippen LogP contribution in [0.3, 0.4) is 0 Å². The zero-order valence-electron chi connectivity index (χ0n) is 10.8. The highest BCUT2D eigenvalue weighted by molar-refractivity contribution is 5.10. The lowest BCUT2D eigenvalue weighted by molar-refractivity contribution is 0.601. The predicted molar refractivity (Wildman–Crippen MR) is 72.2 cm³/mol. The van der Waals surface area contributed by atoms with E-state index in [1.54, 1.807) is 0 Å². The van der Waals surface area contributed by atoms with E-state index in [1.165, 1.54) is 11.3 Å². The highest BCUT2D eigenvalue weighted by Gasteiger charge is 2.00. The Kier molecular flexibility index (Phi) is 4.90. The molecule has 0 aliphatic rings. The van der Waals surface area contributed by atoms with E-state index in [4.69, 9.17) is 0 Å². The summed E-state index contributed by atoms with van der Waals surface area (Å²) in [7, 11) is 0. The molecule has 0 aliphatic heterocycles. The van der Waals surface area contributed by atoms with E-state index in [-0.39, 0.29) is 0 Å². The number of rotatable bonds is 7. The first-order chi connectivity index (χ1) is 8.90. The van der Waals surface area contributed by atoms with E-state index in [0.717, 1.165) is 32.5 Å². The Labute approximate surface area is 108 Å². The Balaban J connectivity index is 1.73. The molecule has 0 fully saturated rings. The van der Waals surface area contributed by atoms with Crippen LogP contribution in [0.15, 0.2) is 37.1 Å². The molecule has 0 saturated carbocycles. The van der Waals surface area contributed by atoms with Gasteiger partial charge < -0.3 is 9.88 Å². The molecule has 0 saturated heterocycles. The monoisotopic (exact) mass is 244 g/mol. The Bertz CT molecular complexity index is 450. The van der Waals surface area contributed by atoms with Crippen LogP contribution in [0.25, 0.3) is 0 Å². The van der Waals surface area contributed by atoms with Crippen molar-refractivity contribution < 1.29 is 0 Å². The number of aromatic nitrogens is 3. The van der Waals surface area contributed by atoms with Crippen LogP contribution in [0, 0.1) is 0 Å². The molecule has 0 aliphatic carbocycles. The Hall–Kier alpha value is -1.68. The van der Waals surface area contributed by atoms with Crippen molar-refractivity contribution in [1.29, 1.82) is 0 Å². The molecule has 0 amide bonds. The van der Waals surface area contributed by atoms with Gasteiger partial charge >= 0.3 is 0 Å². The summed E-state index contributed by atoms with van der Waals surface area (Å²) in [4.78, 5) is 8.21. The van der Waals surface area contributed by atoms with E-state index < -0.39 is 0 Å². The van der Waals surface area contributed by atoms with Crippen LogP contribution in [0.4, 0.5) is 0 Å². The number of imidazole rings is 1. The smallest absolute Gasteiger partial charge is 0.0948 e. The van der Waals surface area contributed by atoms with Crippen LogP contribution in [0.1, 0.15) is 24.6 Å². The van der Waals surface area contributed by atoms with E-state index >= 15 is 0 Å². The van der Waals surface area contributed by atoms with Crippen molar-refractivity contribution >= 4 is 0 Å². The van der Waals surface area contributed by atoms with Crippen molar-refractivity contribution in [3.05, 3.63) is 48.3 Å². The molecule has 0 bridgehead atoms. The predicted octanol–water partition coefficient (Wildman–Crippen LogP) is 2.02. The fourth-order valence-electron chi connectivity index (χ4n) is 1.94. The Morgan fingerprint density at radius 2 is 2.06 bits per heavy atom. The average molecular weight is 244 g/mol. The summed E-state index contributed by atoms with van der Waals surface area (Å²) in [6.45, 7) is 5.08. The molecule has 18 heavy (non-hydrogen) atoms. The molecule has 0 atom stereocenters. The molecule has 96 valence electrons. The van der Waals surface area contributed by atoms with Gasteiger partial charge in [-0.3, -0.25) is 4.98 Å². The minimum Gasteiger partial charge on any atom is -0.333 e. The quantitative estimate of drug-likeness (QED) is 0.758. The molecule has 1 N–H and O–H groups in total. The molecule has 2 aromatic heterocycles. The molecule has 0 radical (unpaired) electrons. The normalized spacial score (nSPS) is 10.7. The van der Waals surface area contributed by atoms with Gasteiger partial charge in [0.2, 0.25) is 0 Å². The summed E-state index contributed by atoms with van der Waals surface area (Å²) in [6, 6.07) is 4.12. The molecular weight excluding hydrogens is 224 g/mol. The van der Waals surface area contributed by atoms with Gasteiger partial charge in [-0.25, -0.2) is 4.98 Å². The maximum absolute atomic E-state index is 4.19. The first-order valence-corrected chi connectivity index (χ1v) is 6.48. The lowest BCUT2D eigenvalue weighted by atomic mass is 10.2. The molecule has 2 rings (SSSR count). The molecule has 0 aromatic carbocycles. The van der Waals surface area contributed by atoms with E-state index in [1.807, 2.05) is 24.9 Å². The minimum absolute atomic E-state index is 0.880. The third-order valence-corrected chi connectivity index (χ3v) is 2.91. The van der Waals surface area contributed by atoms with E-state index in [2.05, 4.69) is 38.9 Å². The fourth-order valence-corrected chi connectivity index (χ4v) is 1.94. The minimum atomic E-state index is 0.880. The standard InChI is InChI=1S/C14H20N4/c1-2-9-18-12-17-11-14(18)10-16-8-5-13-3-6-15-7-4-13/h3-4,6-7,11-12,16H,2,5,8-10H2,1H3. The zero-order chi connectivity index (χ0) is 12.6. The molecule has 2 heterocycles. The van der Waals surface area contributed by atoms with Gasteiger partial charge in [-0.15, -0.1) is 0 Å². The van der Waals surface area contributed by atoms with Crippen molar-refractivity contribution in [2.45, 2.75) is 32.9 Å². The third-order valence-electron chi connectivity index (χ3n) is 2.91. The van der Waals surface area contributed by atoms with Gasteiger partial charge in [-0.05, 0) is 37.1 Å². The summed E-state index contributed by atoms with van der Waals surface area (Å²) in [5.41, 5.74) is 2.58. The van der Waals surface area contributed by atoms with Crippen LogP contribution in [-0.2, 0) is 19.5 Å². The third kappa shape index (κ3) is 3.67. The number of hydrogen-bond acceptors (Lipinski definition) is 3. The van der Waals surface area contributed by atoms with Crippen molar-refractivity contribution in [1.82, 2.24) is 19.9 Å². The first kappa shape index (κ1) is 12.8. The maximum Gasteiger partial charge on any atom is 0.0948 e. The summed E-state index contributed by atoms with van der Waals surface area (Å²) >= 11 is 0. The van der Waals surface area contributed by atoms with Gasteiger partial charge in [0.1, 0.15) is 0 Å². The van der Waals surface area contributed by atoms with Crippen LogP contribution >= 0.6 is 0 Å². The van der Waals surface area contributed by atoms with Gasteiger partial charge in [-0.1, -0.05) is 6.92 Å². The number of nitrogens with one attached hydrogen (secondary N) is 1. The second-order valence-corrected chi connectivity index (χ2v) is 4.36. The number of pyridine rings is 1. The van der Waals surface area contributed by atoms with Crippen molar-refractivity contribution in [3.63, 3.8) is 0 Å². The zero-order valence-corrected chi connectivity index (χ0v) is 10.8. The molecule has 0 spiro atoms. The Morgan fingerprint density at radius 1 is 1.22 bits per heavy atom. The summed E-state index contributed by atoms with van der Waals surface area (Å²) in [5.74, 6) is 0. The van der Waals surface area contributed by atoms with E-state index in [0.29, 0.717) is 0 Å². The fraction of sp³-hybridized carbons (Fsp3) is 0.429. The topological polar surface area (TPSA) is 42.7 Å². The summed E-state index contributed by atoms with van der Waals surface area (Å²) in [5, 5.41) is 3.45. The average Bonchev–Trinajstić information content (AvgIpc) is 2.84. The number of nitrogens with zero attached hydrogens (tertiary/aromatic N) is 3. The summed E-state index contributed by atoms with van der Waals surface area (Å²) in [6.07, 6.45) is 9.70. The lowest BCUT2D eigenvalue weighted by Gasteiger charge is -2.08. The molecule has 0 unspecified atom stereocenters. The van der Waals surface area contributed by atoms with Crippen LogP contribution in [0.2, 0.25) is 0 Å². The van der Waals surface area contributed by atoms with Crippen molar-refractivity contribution in [2.75, 3.05) is 6.54 Å². The highest BCUT2D eigenvalue weighted by atomic mass is 15.1. The van der Waals surface area contributed by atoms with Gasteiger partial charge in [0, 0.05) is 31.7 Å². The molecule has 2 aromatic rings. The van der Waals surface area contributed by atoms with Crippen LogP contribution < -0.4 is 5.32 Å². The maximum atomic E-state index is 4.19. The lowest BCUT2D eigenvalue weighted by Crippen LogP contribution is -2.18. The van der Waals surface area contributed by atoms with E-state index in [9.17, 15) is 0 Å². The molecular formula is C14H20N4.